The molecule has 0 bridgehead atoms. The summed E-state index contributed by atoms with van der Waals surface area (Å²) in [6.45, 7) is 2.94. The maximum absolute atomic E-state index is 12.0. The Morgan fingerprint density at radius 2 is 2.20 bits per heavy atom. The number of carbonyl (C=O) groups is 1. The molecule has 0 radical (unpaired) electrons. The first-order valence-electron chi connectivity index (χ1n) is 6.31. The number of rotatable bonds is 6. The van der Waals surface area contributed by atoms with Gasteiger partial charge in [0.15, 0.2) is 10.9 Å². The number of thioether (sulfide) groups is 1. The van der Waals surface area contributed by atoms with Gasteiger partial charge < -0.3 is 14.8 Å². The average molecular weight is 292 g/mol. The molecule has 6 heteroatoms. The number of aromatic hydroxyl groups is 2. The maximum atomic E-state index is 12.0. The van der Waals surface area contributed by atoms with Crippen LogP contribution in [-0.2, 0) is 6.54 Å². The Kier molecular flexibility index (Phi) is 4.68. The molecule has 2 rings (SSSR count). The highest BCUT2D eigenvalue weighted by atomic mass is 32.2. The minimum absolute atomic E-state index is 0.0646. The lowest BCUT2D eigenvalue weighted by molar-refractivity contribution is 0.102. The Balaban J connectivity index is 2.03. The molecule has 0 aliphatic carbocycles. The fourth-order valence-electron chi connectivity index (χ4n) is 1.81. The Morgan fingerprint density at radius 3 is 2.90 bits per heavy atom. The molecule has 0 aliphatic heterocycles. The van der Waals surface area contributed by atoms with E-state index in [4.69, 9.17) is 0 Å². The number of imidazole rings is 1. The van der Waals surface area contributed by atoms with Gasteiger partial charge in [-0.15, -0.1) is 0 Å². The van der Waals surface area contributed by atoms with Crippen LogP contribution in [0.3, 0.4) is 0 Å². The topological polar surface area (TPSA) is 75.4 Å². The molecule has 0 amide bonds. The Bertz CT molecular complexity index is 610. The van der Waals surface area contributed by atoms with Crippen LogP contribution in [0, 0.1) is 0 Å². The fourth-order valence-corrected chi connectivity index (χ4v) is 2.68. The lowest BCUT2D eigenvalue weighted by Gasteiger charge is -2.06. The third-order valence-electron chi connectivity index (χ3n) is 2.76. The molecule has 0 unspecified atom stereocenters. The molecule has 106 valence electrons. The van der Waals surface area contributed by atoms with Gasteiger partial charge in [0, 0.05) is 25.0 Å². The second-order valence-corrected chi connectivity index (χ2v) is 5.26. The van der Waals surface area contributed by atoms with E-state index < -0.39 is 0 Å². The van der Waals surface area contributed by atoms with Crippen molar-refractivity contribution in [1.29, 1.82) is 0 Å². The Labute approximate surface area is 121 Å². The van der Waals surface area contributed by atoms with Crippen molar-refractivity contribution in [3.8, 4) is 11.5 Å². The third kappa shape index (κ3) is 3.33. The van der Waals surface area contributed by atoms with E-state index in [0.29, 0.717) is 0 Å². The molecule has 1 heterocycles. The van der Waals surface area contributed by atoms with Crippen LogP contribution in [0.15, 0.2) is 35.7 Å². The SMILES string of the molecule is CCCn1ccnc1SCC(=O)c1ccc(O)cc1O. The van der Waals surface area contributed by atoms with Crippen molar-refractivity contribution in [3.63, 3.8) is 0 Å². The van der Waals surface area contributed by atoms with Gasteiger partial charge in [0.05, 0.1) is 11.3 Å². The summed E-state index contributed by atoms with van der Waals surface area (Å²) in [5.41, 5.74) is 0.212. The van der Waals surface area contributed by atoms with Crippen LogP contribution in [0.1, 0.15) is 23.7 Å². The average Bonchev–Trinajstić information content (AvgIpc) is 2.84. The summed E-state index contributed by atoms with van der Waals surface area (Å²) in [4.78, 5) is 16.2. The normalized spacial score (nSPS) is 10.7. The standard InChI is InChI=1S/C14H16N2O3S/c1-2-6-16-7-5-15-14(16)20-9-13(19)11-4-3-10(17)8-12(11)18/h3-5,7-8,17-18H,2,6,9H2,1H3. The molecule has 0 saturated heterocycles. The van der Waals surface area contributed by atoms with Crippen molar-refractivity contribution in [2.45, 2.75) is 25.0 Å². The number of Topliss-reactive ketones (excluding diaryl/α,β-unsaturated/α-hetero) is 1. The van der Waals surface area contributed by atoms with Crippen molar-refractivity contribution in [1.82, 2.24) is 9.55 Å². The van der Waals surface area contributed by atoms with E-state index in [9.17, 15) is 15.0 Å². The van der Waals surface area contributed by atoms with Crippen LogP contribution >= 0.6 is 11.8 Å². The zero-order chi connectivity index (χ0) is 14.5. The lowest BCUT2D eigenvalue weighted by Crippen LogP contribution is -2.05. The number of aromatic nitrogens is 2. The molecule has 0 spiro atoms. The zero-order valence-electron chi connectivity index (χ0n) is 11.1. The van der Waals surface area contributed by atoms with Crippen LogP contribution in [0.2, 0.25) is 0 Å². The van der Waals surface area contributed by atoms with E-state index >= 15 is 0 Å². The highest BCUT2D eigenvalue weighted by Gasteiger charge is 2.13. The number of phenols is 2. The molecule has 0 fully saturated rings. The second kappa shape index (κ2) is 6.47. The van der Waals surface area contributed by atoms with E-state index in [-0.39, 0.29) is 28.6 Å². The summed E-state index contributed by atoms with van der Waals surface area (Å²) in [6.07, 6.45) is 4.59. The van der Waals surface area contributed by atoms with Gasteiger partial charge in [-0.25, -0.2) is 4.98 Å². The third-order valence-corrected chi connectivity index (χ3v) is 3.76. The van der Waals surface area contributed by atoms with Gasteiger partial charge in [-0.05, 0) is 18.6 Å². The van der Waals surface area contributed by atoms with Crippen molar-refractivity contribution in [3.05, 3.63) is 36.2 Å². The van der Waals surface area contributed by atoms with Crippen LogP contribution in [0.25, 0.3) is 0 Å². The molecule has 2 N–H and O–H groups in total. The maximum Gasteiger partial charge on any atom is 0.176 e. The van der Waals surface area contributed by atoms with Gasteiger partial charge in [0.1, 0.15) is 11.5 Å². The predicted molar refractivity (Wildman–Crippen MR) is 77.3 cm³/mol. The summed E-state index contributed by atoms with van der Waals surface area (Å²) >= 11 is 1.34. The lowest BCUT2D eigenvalue weighted by atomic mass is 10.1. The summed E-state index contributed by atoms with van der Waals surface area (Å²) in [5, 5.41) is 19.6. The van der Waals surface area contributed by atoms with Crippen molar-refractivity contribution in [2.75, 3.05) is 5.75 Å². The van der Waals surface area contributed by atoms with Crippen LogP contribution in [-0.4, -0.2) is 31.3 Å². The van der Waals surface area contributed by atoms with E-state index in [1.807, 2.05) is 10.8 Å². The van der Waals surface area contributed by atoms with Crippen LogP contribution < -0.4 is 0 Å². The first-order chi connectivity index (χ1) is 9.61. The predicted octanol–water partition coefficient (Wildman–Crippen LogP) is 2.68. The Morgan fingerprint density at radius 1 is 1.40 bits per heavy atom. The molecular weight excluding hydrogens is 276 g/mol. The monoisotopic (exact) mass is 292 g/mol. The van der Waals surface area contributed by atoms with Crippen molar-refractivity contribution in [2.24, 2.45) is 0 Å². The number of ketones is 1. The highest BCUT2D eigenvalue weighted by Crippen LogP contribution is 2.25. The largest absolute Gasteiger partial charge is 0.508 e. The van der Waals surface area contributed by atoms with Gasteiger partial charge in [-0.1, -0.05) is 18.7 Å². The van der Waals surface area contributed by atoms with E-state index in [1.54, 1.807) is 6.20 Å². The fraction of sp³-hybridized carbons (Fsp3) is 0.286. The molecule has 5 nitrogen and oxygen atoms in total. The van der Waals surface area contributed by atoms with Crippen LogP contribution in [0.5, 0.6) is 11.5 Å². The van der Waals surface area contributed by atoms with E-state index in [1.165, 1.54) is 23.9 Å². The number of benzene rings is 1. The van der Waals surface area contributed by atoms with Gasteiger partial charge in [-0.3, -0.25) is 4.79 Å². The van der Waals surface area contributed by atoms with Gasteiger partial charge in [-0.2, -0.15) is 0 Å². The van der Waals surface area contributed by atoms with E-state index in [0.717, 1.165) is 24.2 Å². The number of hydrogen-bond donors (Lipinski definition) is 2. The minimum atomic E-state index is -0.201. The Hall–Kier alpha value is -1.95. The first kappa shape index (κ1) is 14.5. The summed E-state index contributed by atoms with van der Waals surface area (Å²) in [6, 6.07) is 3.97. The molecule has 1 aromatic heterocycles. The van der Waals surface area contributed by atoms with E-state index in [2.05, 4.69) is 11.9 Å². The first-order valence-corrected chi connectivity index (χ1v) is 7.29. The van der Waals surface area contributed by atoms with Gasteiger partial charge in [0.2, 0.25) is 0 Å². The summed E-state index contributed by atoms with van der Waals surface area (Å²) in [5.74, 6) is -0.268. The summed E-state index contributed by atoms with van der Waals surface area (Å²) in [7, 11) is 0. The second-order valence-electron chi connectivity index (χ2n) is 4.32. The quantitative estimate of drug-likeness (QED) is 0.632. The zero-order valence-corrected chi connectivity index (χ0v) is 11.9. The van der Waals surface area contributed by atoms with Gasteiger partial charge in [0.25, 0.3) is 0 Å². The molecular formula is C14H16N2O3S. The van der Waals surface area contributed by atoms with Crippen LogP contribution in [0.4, 0.5) is 0 Å². The molecule has 20 heavy (non-hydrogen) atoms. The number of phenolic OH excluding ortho intramolecular Hbond substituents is 2. The van der Waals surface area contributed by atoms with Gasteiger partial charge >= 0.3 is 0 Å². The number of aryl methyl sites for hydroxylation is 1. The molecule has 0 aliphatic rings. The number of nitrogens with zero attached hydrogens (tertiary/aromatic N) is 2. The number of carbonyl (C=O) groups excluding carboxylic acids is 1. The molecule has 2 aromatic rings. The number of hydrogen-bond acceptors (Lipinski definition) is 5. The highest BCUT2D eigenvalue weighted by molar-refractivity contribution is 7.99. The smallest absolute Gasteiger partial charge is 0.176 e. The van der Waals surface area contributed by atoms with Crippen molar-refractivity contribution < 1.29 is 15.0 Å². The van der Waals surface area contributed by atoms with Crippen molar-refractivity contribution >= 4 is 17.5 Å². The molecule has 0 saturated carbocycles. The summed E-state index contributed by atoms with van der Waals surface area (Å²) < 4.78 is 1.99. The molecule has 1 aromatic carbocycles. The minimum Gasteiger partial charge on any atom is -0.508 e. The molecule has 0 atom stereocenters.